The topological polar surface area (TPSA) is 122 Å². The molecule has 0 saturated carbocycles. The summed E-state index contributed by atoms with van der Waals surface area (Å²) in [4.78, 5) is 53.8. The van der Waals surface area contributed by atoms with Gasteiger partial charge in [0.05, 0.1) is 36.1 Å². The number of phenols is 1. The average molecular weight is 665 g/mol. The lowest BCUT2D eigenvalue weighted by Crippen LogP contribution is -2.41. The number of benzene rings is 2. The van der Waals surface area contributed by atoms with E-state index in [0.717, 1.165) is 10.1 Å². The maximum absolute atomic E-state index is 13.7. The van der Waals surface area contributed by atoms with Crippen LogP contribution in [0.1, 0.15) is 18.0 Å². The van der Waals surface area contributed by atoms with Crippen molar-refractivity contribution in [3.63, 3.8) is 0 Å². The van der Waals surface area contributed by atoms with E-state index in [1.54, 1.807) is 54.6 Å². The molecule has 1 aromatic heterocycles. The van der Waals surface area contributed by atoms with Gasteiger partial charge < -0.3 is 14.6 Å². The van der Waals surface area contributed by atoms with Gasteiger partial charge in [0.2, 0.25) is 5.75 Å². The van der Waals surface area contributed by atoms with Gasteiger partial charge in [-0.2, -0.15) is 0 Å². The van der Waals surface area contributed by atoms with E-state index in [9.17, 15) is 24.3 Å². The minimum absolute atomic E-state index is 0.107. The first kappa shape index (κ1) is 26.8. The Morgan fingerprint density at radius 2 is 1.68 bits per heavy atom. The van der Waals surface area contributed by atoms with E-state index in [-0.39, 0.29) is 41.8 Å². The SMILES string of the molecule is COc1cc(C=C[C@H]2C3=CCn4c(=O)n(-c5ccccc5)c(=O)n4[C@@H]3CC3=C2C(=O)C(I)=CC3=O)cc(OC)c1O. The van der Waals surface area contributed by atoms with E-state index in [0.29, 0.717) is 26.0 Å². The molecule has 11 heteroatoms. The molecule has 2 atom stereocenters. The second-order valence-corrected chi connectivity index (χ2v) is 10.9. The maximum atomic E-state index is 13.7. The lowest BCUT2D eigenvalue weighted by atomic mass is 9.71. The molecule has 0 spiro atoms. The van der Waals surface area contributed by atoms with Crippen LogP contribution in [0.5, 0.6) is 17.2 Å². The summed E-state index contributed by atoms with van der Waals surface area (Å²) in [7, 11) is 2.86. The summed E-state index contributed by atoms with van der Waals surface area (Å²) < 4.78 is 14.8. The van der Waals surface area contributed by atoms with Crippen molar-refractivity contribution in [2.24, 2.45) is 5.92 Å². The third-order valence-electron chi connectivity index (χ3n) is 7.65. The number of halogens is 1. The van der Waals surface area contributed by atoms with Crippen LogP contribution in [-0.4, -0.2) is 44.8 Å². The number of ether oxygens (including phenoxy) is 2. The zero-order valence-corrected chi connectivity index (χ0v) is 24.2. The second-order valence-electron chi connectivity index (χ2n) is 9.78. The molecule has 6 rings (SSSR count). The summed E-state index contributed by atoms with van der Waals surface area (Å²) >= 11 is 1.87. The van der Waals surface area contributed by atoms with Crippen molar-refractivity contribution in [2.75, 3.05) is 14.2 Å². The number of hydrogen-bond donors (Lipinski definition) is 1. The molecule has 0 amide bonds. The van der Waals surface area contributed by atoms with Crippen molar-refractivity contribution in [1.82, 2.24) is 13.9 Å². The first-order chi connectivity index (χ1) is 19.7. The number of carbonyl (C=O) groups excluding carboxylic acids is 2. The van der Waals surface area contributed by atoms with E-state index in [1.165, 1.54) is 29.7 Å². The molecule has 2 aliphatic carbocycles. The van der Waals surface area contributed by atoms with Gasteiger partial charge in [0.15, 0.2) is 23.1 Å². The molecule has 2 aromatic carbocycles. The number of fused-ring (bicyclic) bond motifs is 3. The average Bonchev–Trinajstić information content (AvgIpc) is 3.24. The van der Waals surface area contributed by atoms with Crippen LogP contribution in [0.15, 0.2) is 90.6 Å². The third-order valence-corrected chi connectivity index (χ3v) is 8.45. The fraction of sp³-hybridized carbons (Fsp3) is 0.200. The summed E-state index contributed by atoms with van der Waals surface area (Å²) in [6, 6.07) is 11.3. The maximum Gasteiger partial charge on any atom is 0.352 e. The third kappa shape index (κ3) is 4.22. The monoisotopic (exact) mass is 665 g/mol. The van der Waals surface area contributed by atoms with E-state index >= 15 is 0 Å². The van der Waals surface area contributed by atoms with E-state index < -0.39 is 23.3 Å². The lowest BCUT2D eigenvalue weighted by molar-refractivity contribution is -0.115. The normalized spacial score (nSPS) is 19.9. The van der Waals surface area contributed by atoms with Gasteiger partial charge >= 0.3 is 11.4 Å². The van der Waals surface area contributed by atoms with Crippen LogP contribution in [0, 0.1) is 5.92 Å². The zero-order valence-electron chi connectivity index (χ0n) is 22.0. The van der Waals surface area contributed by atoms with Gasteiger partial charge in [-0.1, -0.05) is 36.4 Å². The summed E-state index contributed by atoms with van der Waals surface area (Å²) in [5, 5.41) is 10.3. The summed E-state index contributed by atoms with van der Waals surface area (Å²) in [6.07, 6.45) is 6.84. The number of aromatic hydroxyl groups is 1. The predicted octanol–water partition coefficient (Wildman–Crippen LogP) is 3.51. The number of rotatable bonds is 5. The van der Waals surface area contributed by atoms with E-state index in [1.807, 2.05) is 28.7 Å². The lowest BCUT2D eigenvalue weighted by Gasteiger charge is -2.38. The number of hydrogen-bond acceptors (Lipinski definition) is 7. The minimum atomic E-state index is -0.646. The molecule has 1 aliphatic heterocycles. The van der Waals surface area contributed by atoms with Crippen molar-refractivity contribution in [2.45, 2.75) is 19.0 Å². The van der Waals surface area contributed by atoms with Crippen LogP contribution in [0.3, 0.4) is 0 Å². The molecule has 3 aliphatic rings. The summed E-state index contributed by atoms with van der Waals surface area (Å²) in [5.74, 6) is -0.891. The number of allylic oxidation sites excluding steroid dienone is 7. The van der Waals surface area contributed by atoms with Crippen LogP contribution in [0.25, 0.3) is 11.8 Å². The van der Waals surface area contributed by atoms with Gasteiger partial charge in [0.1, 0.15) is 0 Å². The van der Waals surface area contributed by atoms with Crippen molar-refractivity contribution < 1.29 is 24.2 Å². The highest BCUT2D eigenvalue weighted by molar-refractivity contribution is 14.1. The van der Waals surface area contributed by atoms with Gasteiger partial charge in [-0.25, -0.2) is 23.5 Å². The van der Waals surface area contributed by atoms with Gasteiger partial charge in [0, 0.05) is 29.6 Å². The molecule has 0 radical (unpaired) electrons. The molecule has 0 bridgehead atoms. The molecule has 0 unspecified atom stereocenters. The number of methoxy groups -OCH3 is 2. The Kier molecular flexibility index (Phi) is 6.68. The highest BCUT2D eigenvalue weighted by Gasteiger charge is 2.43. The first-order valence-corrected chi connectivity index (χ1v) is 13.8. The zero-order chi connectivity index (χ0) is 29.0. The Labute approximate surface area is 247 Å². The van der Waals surface area contributed by atoms with Crippen LogP contribution in [0.2, 0.25) is 0 Å². The Morgan fingerprint density at radius 1 is 1.00 bits per heavy atom. The highest BCUT2D eigenvalue weighted by atomic mass is 127. The van der Waals surface area contributed by atoms with Gasteiger partial charge in [-0.3, -0.25) is 9.59 Å². The number of para-hydroxylation sites is 1. The minimum Gasteiger partial charge on any atom is -0.502 e. The Hall–Kier alpha value is -4.39. The van der Waals surface area contributed by atoms with Gasteiger partial charge in [-0.05, 0) is 58.0 Å². The molecule has 2 heterocycles. The van der Waals surface area contributed by atoms with Crippen molar-refractivity contribution >= 4 is 40.2 Å². The molecular formula is C30H24IN3O7. The Morgan fingerprint density at radius 3 is 2.34 bits per heavy atom. The fourth-order valence-corrected chi connectivity index (χ4v) is 6.33. The number of nitrogens with zero attached hydrogens (tertiary/aromatic N) is 3. The number of Topliss-reactive ketones (excluding diaryl/α,β-unsaturated/α-hetero) is 1. The quantitative estimate of drug-likeness (QED) is 0.252. The van der Waals surface area contributed by atoms with Crippen molar-refractivity contribution in [3.8, 4) is 22.9 Å². The smallest absolute Gasteiger partial charge is 0.352 e. The van der Waals surface area contributed by atoms with E-state index in [2.05, 4.69) is 0 Å². The second kappa shape index (κ2) is 10.2. The van der Waals surface area contributed by atoms with Crippen LogP contribution >= 0.6 is 22.6 Å². The number of phenolic OH excluding ortho intramolecular Hbond substituents is 1. The molecule has 0 saturated heterocycles. The van der Waals surface area contributed by atoms with Crippen LogP contribution in [-0.2, 0) is 16.1 Å². The molecule has 41 heavy (non-hydrogen) atoms. The van der Waals surface area contributed by atoms with Gasteiger partial charge in [-0.15, -0.1) is 0 Å². The predicted molar refractivity (Wildman–Crippen MR) is 159 cm³/mol. The first-order valence-electron chi connectivity index (χ1n) is 12.8. The van der Waals surface area contributed by atoms with Crippen molar-refractivity contribution in [1.29, 1.82) is 0 Å². The molecule has 10 nitrogen and oxygen atoms in total. The number of aromatic nitrogens is 3. The fourth-order valence-electron chi connectivity index (χ4n) is 5.76. The van der Waals surface area contributed by atoms with Gasteiger partial charge in [0.25, 0.3) is 0 Å². The van der Waals surface area contributed by atoms with Crippen LogP contribution < -0.4 is 20.9 Å². The summed E-state index contributed by atoms with van der Waals surface area (Å²) in [5.41, 5.74) is 1.52. The molecule has 208 valence electrons. The van der Waals surface area contributed by atoms with Crippen LogP contribution in [0.4, 0.5) is 0 Å². The Balaban J connectivity index is 1.51. The Bertz CT molecular complexity index is 1850. The highest BCUT2D eigenvalue weighted by Crippen LogP contribution is 2.47. The van der Waals surface area contributed by atoms with E-state index in [4.69, 9.17) is 9.47 Å². The number of carbonyl (C=O) groups is 2. The molecule has 1 N–H and O–H groups in total. The summed E-state index contributed by atoms with van der Waals surface area (Å²) in [6.45, 7) is 0.128. The standard InChI is InChI=1S/C30H24IN3O7/c1-40-24-12-16(13-25(41-2)28(24)37)8-9-19-18-10-11-32-29(38)33(17-6-4-3-5-7-17)30(39)34(32)22(18)14-20-23(35)15-21(31)27(36)26(19)20/h3-10,12-13,15,19,22,37H,11,14H2,1-2H3/t19-,22+/m0/s1. The molecular weight excluding hydrogens is 641 g/mol. The van der Waals surface area contributed by atoms with Crippen molar-refractivity contribution in [3.05, 3.63) is 108 Å². The largest absolute Gasteiger partial charge is 0.502 e. The number of ketones is 2. The molecule has 0 fully saturated rings. The molecule has 3 aromatic rings.